The van der Waals surface area contributed by atoms with E-state index in [1.165, 1.54) is 4.90 Å². The summed E-state index contributed by atoms with van der Waals surface area (Å²) >= 11 is 12.9. The number of hydrogen-bond acceptors (Lipinski definition) is 3. The third-order valence-electron chi connectivity index (χ3n) is 5.80. The van der Waals surface area contributed by atoms with Gasteiger partial charge in [0.25, 0.3) is 5.91 Å². The van der Waals surface area contributed by atoms with Gasteiger partial charge in [0.15, 0.2) is 6.61 Å². The Balaban J connectivity index is 1.94. The molecule has 0 aliphatic heterocycles. The summed E-state index contributed by atoms with van der Waals surface area (Å²) in [6.07, 6.45) is 0.330. The second-order valence-corrected chi connectivity index (χ2v) is 9.34. The summed E-state index contributed by atoms with van der Waals surface area (Å²) in [5.41, 5.74) is 2.51. The number of likely N-dealkylation sites (N-methyl/N-ethyl adjacent to an activating group) is 1. The van der Waals surface area contributed by atoms with E-state index in [0.29, 0.717) is 27.8 Å². The Morgan fingerprint density at radius 2 is 1.54 bits per heavy atom. The third kappa shape index (κ3) is 7.00. The van der Waals surface area contributed by atoms with Crippen LogP contribution >= 0.6 is 23.2 Å². The zero-order valence-corrected chi connectivity index (χ0v) is 21.6. The van der Waals surface area contributed by atoms with E-state index in [1.807, 2.05) is 54.6 Å². The molecule has 0 radical (unpaired) electrons. The van der Waals surface area contributed by atoms with Gasteiger partial charge in [-0.25, -0.2) is 0 Å². The van der Waals surface area contributed by atoms with Crippen molar-refractivity contribution in [2.45, 2.75) is 38.8 Å². The number of amides is 2. The second kappa shape index (κ2) is 12.6. The molecule has 0 aliphatic rings. The topological polar surface area (TPSA) is 58.6 Å². The molecule has 0 aromatic heterocycles. The molecular formula is C28H30Cl2N2O3. The normalized spacial score (nSPS) is 11.7. The molecule has 0 saturated carbocycles. The first-order chi connectivity index (χ1) is 16.8. The first kappa shape index (κ1) is 26.6. The summed E-state index contributed by atoms with van der Waals surface area (Å²) in [7, 11) is 1.56. The average Bonchev–Trinajstić information content (AvgIpc) is 2.86. The smallest absolute Gasteiger partial charge is 0.261 e. The lowest BCUT2D eigenvalue weighted by Gasteiger charge is -2.31. The van der Waals surface area contributed by atoms with Crippen LogP contribution in [0.5, 0.6) is 5.75 Å². The van der Waals surface area contributed by atoms with Crippen molar-refractivity contribution in [1.82, 2.24) is 10.2 Å². The minimum atomic E-state index is -0.786. The monoisotopic (exact) mass is 512 g/mol. The molecule has 0 bridgehead atoms. The summed E-state index contributed by atoms with van der Waals surface area (Å²) in [6, 6.07) is 21.6. The van der Waals surface area contributed by atoms with Crippen molar-refractivity contribution in [3.05, 3.63) is 99.5 Å². The van der Waals surface area contributed by atoms with Crippen LogP contribution in [0.3, 0.4) is 0 Å². The summed E-state index contributed by atoms with van der Waals surface area (Å²) in [5.74, 6) is 0.249. The van der Waals surface area contributed by atoms with Crippen molar-refractivity contribution in [3.8, 4) is 5.75 Å². The van der Waals surface area contributed by atoms with Gasteiger partial charge in [-0.3, -0.25) is 9.59 Å². The molecule has 0 unspecified atom stereocenters. The highest BCUT2D eigenvalue weighted by Crippen LogP contribution is 2.28. The van der Waals surface area contributed by atoms with Gasteiger partial charge in [-0.2, -0.15) is 0 Å². The van der Waals surface area contributed by atoms with Gasteiger partial charge < -0.3 is 15.0 Å². The lowest BCUT2D eigenvalue weighted by molar-refractivity contribution is -0.142. The van der Waals surface area contributed by atoms with Gasteiger partial charge >= 0.3 is 0 Å². The predicted molar refractivity (Wildman–Crippen MR) is 141 cm³/mol. The number of hydrogen-bond donors (Lipinski definition) is 1. The number of carbonyl (C=O) groups excluding carboxylic acids is 2. The number of nitrogens with zero attached hydrogens (tertiary/aromatic N) is 1. The SMILES string of the molecule is CNC(=O)[C@@H](Cc1ccccc1)N(Cc1c(Cl)cccc1Cl)C(=O)COc1ccccc1C(C)C. The Kier molecular flexibility index (Phi) is 9.58. The fourth-order valence-electron chi connectivity index (χ4n) is 3.89. The van der Waals surface area contributed by atoms with E-state index in [9.17, 15) is 9.59 Å². The molecule has 35 heavy (non-hydrogen) atoms. The summed E-state index contributed by atoms with van der Waals surface area (Å²) in [4.78, 5) is 28.1. The van der Waals surface area contributed by atoms with E-state index in [4.69, 9.17) is 27.9 Å². The molecule has 0 aliphatic carbocycles. The number of halogens is 2. The molecule has 184 valence electrons. The van der Waals surface area contributed by atoms with Crippen LogP contribution < -0.4 is 10.1 Å². The Bertz CT molecular complexity index is 1130. The van der Waals surface area contributed by atoms with Gasteiger partial charge in [0.1, 0.15) is 11.8 Å². The van der Waals surface area contributed by atoms with Crippen molar-refractivity contribution in [1.29, 1.82) is 0 Å². The molecule has 0 spiro atoms. The van der Waals surface area contributed by atoms with Gasteiger partial charge in [0.2, 0.25) is 5.91 Å². The summed E-state index contributed by atoms with van der Waals surface area (Å²) in [5, 5.41) is 3.55. The fourth-order valence-corrected chi connectivity index (χ4v) is 4.40. The third-order valence-corrected chi connectivity index (χ3v) is 6.51. The molecular weight excluding hydrogens is 483 g/mol. The maximum Gasteiger partial charge on any atom is 0.261 e. The maximum atomic E-state index is 13.6. The zero-order chi connectivity index (χ0) is 25.4. The van der Waals surface area contributed by atoms with Crippen LogP contribution in [0, 0.1) is 0 Å². The van der Waals surface area contributed by atoms with E-state index < -0.39 is 6.04 Å². The van der Waals surface area contributed by atoms with Gasteiger partial charge in [-0.15, -0.1) is 0 Å². The fraction of sp³-hybridized carbons (Fsp3) is 0.286. The Morgan fingerprint density at radius 1 is 0.914 bits per heavy atom. The van der Waals surface area contributed by atoms with Crippen molar-refractivity contribution in [2.24, 2.45) is 0 Å². The summed E-state index contributed by atoms with van der Waals surface area (Å²) < 4.78 is 5.96. The van der Waals surface area contributed by atoms with Crippen LogP contribution in [0.4, 0.5) is 0 Å². The number of ether oxygens (including phenoxy) is 1. The van der Waals surface area contributed by atoms with Gasteiger partial charge in [-0.05, 0) is 35.2 Å². The Hall–Kier alpha value is -3.02. The van der Waals surface area contributed by atoms with Crippen molar-refractivity contribution in [2.75, 3.05) is 13.7 Å². The minimum Gasteiger partial charge on any atom is -0.483 e. The Morgan fingerprint density at radius 3 is 2.17 bits per heavy atom. The first-order valence-corrected chi connectivity index (χ1v) is 12.3. The van der Waals surface area contributed by atoms with Crippen LogP contribution in [0.2, 0.25) is 10.0 Å². The predicted octanol–water partition coefficient (Wildman–Crippen LogP) is 5.88. The standard InChI is InChI=1S/C28H30Cl2N2O3/c1-19(2)21-12-7-8-15-26(21)35-18-27(33)32(17-22-23(29)13-9-14-24(22)30)25(28(34)31-3)16-20-10-5-4-6-11-20/h4-15,19,25H,16-18H2,1-3H3,(H,31,34)/t25-/m1/s1. The molecule has 2 amide bonds. The average molecular weight is 513 g/mol. The van der Waals surface area contributed by atoms with Crippen LogP contribution in [-0.4, -0.2) is 36.4 Å². The van der Waals surface area contributed by atoms with E-state index >= 15 is 0 Å². The molecule has 1 N–H and O–H groups in total. The minimum absolute atomic E-state index is 0.0669. The number of para-hydroxylation sites is 1. The highest BCUT2D eigenvalue weighted by Gasteiger charge is 2.31. The molecule has 7 heteroatoms. The highest BCUT2D eigenvalue weighted by molar-refractivity contribution is 6.36. The van der Waals surface area contributed by atoms with Gasteiger partial charge in [0, 0.05) is 35.6 Å². The largest absolute Gasteiger partial charge is 0.483 e. The van der Waals surface area contributed by atoms with Crippen molar-refractivity contribution >= 4 is 35.0 Å². The van der Waals surface area contributed by atoms with E-state index in [-0.39, 0.29) is 30.9 Å². The van der Waals surface area contributed by atoms with Crippen LogP contribution in [0.1, 0.15) is 36.5 Å². The van der Waals surface area contributed by atoms with E-state index in [2.05, 4.69) is 19.2 Å². The van der Waals surface area contributed by atoms with Crippen LogP contribution in [0.25, 0.3) is 0 Å². The van der Waals surface area contributed by atoms with Gasteiger partial charge in [0.05, 0.1) is 0 Å². The zero-order valence-electron chi connectivity index (χ0n) is 20.1. The quantitative estimate of drug-likeness (QED) is 0.368. The first-order valence-electron chi connectivity index (χ1n) is 11.5. The molecule has 0 fully saturated rings. The maximum absolute atomic E-state index is 13.6. The molecule has 5 nitrogen and oxygen atoms in total. The van der Waals surface area contributed by atoms with Crippen molar-refractivity contribution in [3.63, 3.8) is 0 Å². The molecule has 3 rings (SSSR count). The highest BCUT2D eigenvalue weighted by atomic mass is 35.5. The van der Waals surface area contributed by atoms with Crippen molar-refractivity contribution < 1.29 is 14.3 Å². The lowest BCUT2D eigenvalue weighted by Crippen LogP contribution is -2.51. The van der Waals surface area contributed by atoms with Crippen LogP contribution in [0.15, 0.2) is 72.8 Å². The second-order valence-electron chi connectivity index (χ2n) is 8.52. The number of nitrogens with one attached hydrogen (secondary N) is 1. The number of carbonyl (C=O) groups is 2. The van der Waals surface area contributed by atoms with Crippen LogP contribution in [-0.2, 0) is 22.6 Å². The molecule has 0 saturated heterocycles. The molecule has 3 aromatic rings. The van der Waals surface area contributed by atoms with E-state index in [0.717, 1.165) is 11.1 Å². The molecule has 1 atom stereocenters. The van der Waals surface area contributed by atoms with E-state index in [1.54, 1.807) is 25.2 Å². The number of rotatable bonds is 10. The Labute approximate surface area is 217 Å². The summed E-state index contributed by atoms with van der Waals surface area (Å²) in [6.45, 7) is 3.97. The molecule has 3 aromatic carbocycles. The lowest BCUT2D eigenvalue weighted by atomic mass is 10.0. The molecule has 0 heterocycles. The van der Waals surface area contributed by atoms with Gasteiger partial charge in [-0.1, -0.05) is 91.6 Å². The number of benzene rings is 3.